The van der Waals surface area contributed by atoms with E-state index in [1.165, 1.54) is 63.8 Å². The molecule has 0 fully saturated rings. The van der Waals surface area contributed by atoms with Crippen molar-refractivity contribution >= 4 is 39.2 Å². The highest BCUT2D eigenvalue weighted by Crippen LogP contribution is 2.26. The summed E-state index contributed by atoms with van der Waals surface area (Å²) in [6.07, 6.45) is 0. The maximum atomic E-state index is 13.6. The van der Waals surface area contributed by atoms with Crippen molar-refractivity contribution in [3.05, 3.63) is 83.4 Å². The highest BCUT2D eigenvalue weighted by molar-refractivity contribution is 7.92. The monoisotopic (exact) mass is 526 g/mol. The number of ether oxygens (including phenoxy) is 3. The van der Waals surface area contributed by atoms with Gasteiger partial charge in [0.2, 0.25) is 5.91 Å². The fraction of sp³-hybridized carbons (Fsp3) is 0.192. The van der Waals surface area contributed by atoms with Crippen molar-refractivity contribution in [2.45, 2.75) is 11.8 Å². The van der Waals surface area contributed by atoms with Crippen LogP contribution in [0.2, 0.25) is 0 Å². The zero-order valence-electron chi connectivity index (χ0n) is 20.7. The van der Waals surface area contributed by atoms with Crippen molar-refractivity contribution in [3.8, 4) is 5.75 Å². The molecule has 0 aromatic heterocycles. The molecule has 0 bridgehead atoms. The van der Waals surface area contributed by atoms with Crippen LogP contribution in [0, 0.1) is 6.92 Å². The van der Waals surface area contributed by atoms with E-state index < -0.39 is 34.4 Å². The number of hydrogen-bond acceptors (Lipinski definition) is 8. The molecule has 1 N–H and O–H groups in total. The number of amides is 1. The number of esters is 2. The van der Waals surface area contributed by atoms with Gasteiger partial charge in [-0.05, 0) is 61.5 Å². The summed E-state index contributed by atoms with van der Waals surface area (Å²) in [7, 11) is -0.360. The van der Waals surface area contributed by atoms with Crippen LogP contribution in [0.3, 0.4) is 0 Å². The van der Waals surface area contributed by atoms with Gasteiger partial charge >= 0.3 is 11.9 Å². The fourth-order valence-electron chi connectivity index (χ4n) is 3.40. The Labute approximate surface area is 214 Å². The van der Waals surface area contributed by atoms with E-state index >= 15 is 0 Å². The lowest BCUT2D eigenvalue weighted by Gasteiger charge is -2.24. The summed E-state index contributed by atoms with van der Waals surface area (Å²) in [5.41, 5.74) is 1.17. The maximum absolute atomic E-state index is 13.6. The molecule has 0 saturated heterocycles. The minimum atomic E-state index is -4.18. The lowest BCUT2D eigenvalue weighted by atomic mass is 10.1. The van der Waals surface area contributed by atoms with Gasteiger partial charge in [0.25, 0.3) is 10.0 Å². The molecule has 0 heterocycles. The van der Waals surface area contributed by atoms with E-state index in [1.807, 2.05) is 6.92 Å². The number of rotatable bonds is 9. The van der Waals surface area contributed by atoms with Crippen LogP contribution in [0.4, 0.5) is 11.4 Å². The Balaban J connectivity index is 1.99. The van der Waals surface area contributed by atoms with Gasteiger partial charge in [-0.2, -0.15) is 0 Å². The standard InChI is InChI=1S/C26H26N2O8S/c1-17-5-8-19(9-6-17)28(37(32,33)21-12-10-20(34-2)11-13-21)16-24(29)27-23-15-18(25(30)35-3)7-14-22(23)26(31)36-4/h5-15H,16H2,1-4H3,(H,27,29). The molecule has 3 aromatic rings. The molecule has 0 aliphatic rings. The number of nitrogens with zero attached hydrogens (tertiary/aromatic N) is 1. The number of benzene rings is 3. The third kappa shape index (κ3) is 6.25. The minimum absolute atomic E-state index is 0.0246. The Morgan fingerprint density at radius 1 is 0.838 bits per heavy atom. The summed E-state index contributed by atoms with van der Waals surface area (Å²) in [5, 5.41) is 2.52. The summed E-state index contributed by atoms with van der Waals surface area (Å²) in [4.78, 5) is 37.3. The lowest BCUT2D eigenvalue weighted by Crippen LogP contribution is -2.38. The molecule has 0 spiro atoms. The summed E-state index contributed by atoms with van der Waals surface area (Å²) in [6.45, 7) is 1.22. The van der Waals surface area contributed by atoms with Gasteiger partial charge in [-0.15, -0.1) is 0 Å². The Bertz CT molecular complexity index is 1400. The van der Waals surface area contributed by atoms with E-state index in [0.717, 1.165) is 9.87 Å². The van der Waals surface area contributed by atoms with Crippen LogP contribution in [0.5, 0.6) is 5.75 Å². The van der Waals surface area contributed by atoms with Gasteiger partial charge in [-0.25, -0.2) is 18.0 Å². The Morgan fingerprint density at radius 2 is 1.46 bits per heavy atom. The normalized spacial score (nSPS) is 10.8. The number of nitrogens with one attached hydrogen (secondary N) is 1. The number of carbonyl (C=O) groups excluding carboxylic acids is 3. The summed E-state index contributed by atoms with van der Waals surface area (Å²) in [6, 6.07) is 16.3. The predicted octanol–water partition coefficient (Wildman–Crippen LogP) is 3.41. The highest BCUT2D eigenvalue weighted by atomic mass is 32.2. The Morgan fingerprint density at radius 3 is 2.03 bits per heavy atom. The maximum Gasteiger partial charge on any atom is 0.339 e. The third-order valence-corrected chi connectivity index (χ3v) is 7.16. The molecule has 0 saturated carbocycles. The van der Waals surface area contributed by atoms with Crippen LogP contribution in [-0.4, -0.2) is 54.1 Å². The number of sulfonamides is 1. The van der Waals surface area contributed by atoms with Crippen LogP contribution in [0.15, 0.2) is 71.6 Å². The van der Waals surface area contributed by atoms with Gasteiger partial charge in [0.15, 0.2) is 0 Å². The highest BCUT2D eigenvalue weighted by Gasteiger charge is 2.28. The average Bonchev–Trinajstić information content (AvgIpc) is 2.91. The molecule has 0 aliphatic heterocycles. The van der Waals surface area contributed by atoms with E-state index in [1.54, 1.807) is 24.3 Å². The molecule has 0 unspecified atom stereocenters. The van der Waals surface area contributed by atoms with Crippen molar-refractivity contribution < 1.29 is 37.0 Å². The number of carbonyl (C=O) groups is 3. The number of hydrogen-bond donors (Lipinski definition) is 1. The van der Waals surface area contributed by atoms with Crippen molar-refractivity contribution in [1.29, 1.82) is 0 Å². The summed E-state index contributed by atoms with van der Waals surface area (Å²) >= 11 is 0. The van der Waals surface area contributed by atoms with E-state index in [-0.39, 0.29) is 27.4 Å². The Kier molecular flexibility index (Phi) is 8.51. The molecule has 37 heavy (non-hydrogen) atoms. The molecule has 194 valence electrons. The van der Waals surface area contributed by atoms with E-state index in [2.05, 4.69) is 5.32 Å². The number of anilines is 2. The van der Waals surface area contributed by atoms with E-state index in [0.29, 0.717) is 5.75 Å². The van der Waals surface area contributed by atoms with Crippen molar-refractivity contribution in [1.82, 2.24) is 0 Å². The van der Waals surface area contributed by atoms with Crippen molar-refractivity contribution in [2.75, 3.05) is 37.5 Å². The van der Waals surface area contributed by atoms with E-state index in [4.69, 9.17) is 14.2 Å². The zero-order chi connectivity index (χ0) is 27.2. The summed E-state index contributed by atoms with van der Waals surface area (Å²) in [5.74, 6) is -1.73. The first kappa shape index (κ1) is 27.2. The van der Waals surface area contributed by atoms with Gasteiger partial charge in [0.1, 0.15) is 12.3 Å². The van der Waals surface area contributed by atoms with Crippen LogP contribution >= 0.6 is 0 Å². The molecular formula is C26H26N2O8S. The van der Waals surface area contributed by atoms with Crippen molar-refractivity contribution in [2.24, 2.45) is 0 Å². The third-order valence-electron chi connectivity index (χ3n) is 5.38. The molecule has 3 aromatic carbocycles. The first-order chi connectivity index (χ1) is 17.6. The molecule has 0 atom stereocenters. The van der Waals surface area contributed by atoms with Gasteiger partial charge in [0.05, 0.1) is 48.7 Å². The van der Waals surface area contributed by atoms with Crippen LogP contribution in [-0.2, 0) is 24.3 Å². The molecule has 0 aliphatic carbocycles. The number of methoxy groups -OCH3 is 3. The quantitative estimate of drug-likeness (QED) is 0.420. The number of aryl methyl sites for hydroxylation is 1. The van der Waals surface area contributed by atoms with E-state index in [9.17, 15) is 22.8 Å². The smallest absolute Gasteiger partial charge is 0.339 e. The second-order valence-electron chi connectivity index (χ2n) is 7.81. The summed E-state index contributed by atoms with van der Waals surface area (Å²) < 4.78 is 42.7. The average molecular weight is 527 g/mol. The SMILES string of the molecule is COC(=O)c1ccc(C(=O)OC)c(NC(=O)CN(c2ccc(C)cc2)S(=O)(=O)c2ccc(OC)cc2)c1. The largest absolute Gasteiger partial charge is 0.497 e. The topological polar surface area (TPSA) is 128 Å². The second kappa shape index (κ2) is 11.6. The Hall–Kier alpha value is -4.38. The molecule has 0 radical (unpaired) electrons. The first-order valence-corrected chi connectivity index (χ1v) is 12.4. The molecule has 3 rings (SSSR count). The molecule has 11 heteroatoms. The molecule has 1 amide bonds. The molecular weight excluding hydrogens is 500 g/mol. The first-order valence-electron chi connectivity index (χ1n) is 10.9. The van der Waals surface area contributed by atoms with Crippen LogP contribution < -0.4 is 14.4 Å². The lowest BCUT2D eigenvalue weighted by molar-refractivity contribution is -0.114. The fourth-order valence-corrected chi connectivity index (χ4v) is 4.82. The zero-order valence-corrected chi connectivity index (χ0v) is 21.5. The predicted molar refractivity (Wildman–Crippen MR) is 136 cm³/mol. The second-order valence-corrected chi connectivity index (χ2v) is 9.68. The van der Waals surface area contributed by atoms with Crippen LogP contribution in [0.1, 0.15) is 26.3 Å². The van der Waals surface area contributed by atoms with Gasteiger partial charge in [-0.3, -0.25) is 9.10 Å². The minimum Gasteiger partial charge on any atom is -0.497 e. The van der Waals surface area contributed by atoms with Crippen molar-refractivity contribution in [3.63, 3.8) is 0 Å². The van der Waals surface area contributed by atoms with Gasteiger partial charge in [0, 0.05) is 0 Å². The van der Waals surface area contributed by atoms with Gasteiger partial charge < -0.3 is 19.5 Å². The van der Waals surface area contributed by atoms with Gasteiger partial charge in [-0.1, -0.05) is 17.7 Å². The van der Waals surface area contributed by atoms with Crippen LogP contribution in [0.25, 0.3) is 0 Å². The molecule has 10 nitrogen and oxygen atoms in total.